The third-order valence-corrected chi connectivity index (χ3v) is 10.4. The summed E-state index contributed by atoms with van der Waals surface area (Å²) < 4.78 is 33.2. The molecule has 0 aliphatic heterocycles. The number of hydrogen-bond donors (Lipinski definition) is 2. The summed E-state index contributed by atoms with van der Waals surface area (Å²) in [7, 11) is -4.26. The minimum atomic E-state index is -4.26. The second-order valence-corrected chi connectivity index (χ2v) is 16.0. The Labute approximate surface area is 315 Å². The maximum Gasteiger partial charge on any atom is 0.472 e. The molecule has 0 saturated carbocycles. The SMILES string of the molecule is CCCCCCCCCC/C=C\CCCCCCCCCCCCCCCCOCC(COP(=O)(O)OCCN)OC(=O)CCCCCCCC. The Hall–Kier alpha value is -0.760. The fourth-order valence-electron chi connectivity index (χ4n) is 6.23. The molecule has 0 aromatic carbocycles. The van der Waals surface area contributed by atoms with Crippen molar-refractivity contribution < 1.29 is 32.8 Å². The van der Waals surface area contributed by atoms with E-state index in [0.29, 0.717) is 13.0 Å². The number of rotatable bonds is 42. The van der Waals surface area contributed by atoms with Crippen LogP contribution in [0.2, 0.25) is 0 Å². The highest BCUT2D eigenvalue weighted by atomic mass is 31.2. The van der Waals surface area contributed by atoms with Crippen LogP contribution in [0, 0.1) is 0 Å². The molecule has 0 saturated heterocycles. The summed E-state index contributed by atoms with van der Waals surface area (Å²) in [6, 6.07) is 0. The normalized spacial score (nSPS) is 13.6. The Morgan fingerprint density at radius 1 is 0.569 bits per heavy atom. The zero-order chi connectivity index (χ0) is 37.4. The van der Waals surface area contributed by atoms with Crippen LogP contribution in [-0.2, 0) is 27.9 Å². The van der Waals surface area contributed by atoms with Crippen molar-refractivity contribution in [3.63, 3.8) is 0 Å². The van der Waals surface area contributed by atoms with Gasteiger partial charge in [0.15, 0.2) is 0 Å². The van der Waals surface area contributed by atoms with Gasteiger partial charge in [-0.05, 0) is 38.5 Å². The molecule has 0 heterocycles. The van der Waals surface area contributed by atoms with Gasteiger partial charge in [-0.15, -0.1) is 0 Å². The summed E-state index contributed by atoms with van der Waals surface area (Å²) in [5.41, 5.74) is 5.34. The minimum Gasteiger partial charge on any atom is -0.457 e. The van der Waals surface area contributed by atoms with Crippen LogP contribution in [-0.4, -0.2) is 49.9 Å². The number of phosphoric ester groups is 1. The number of esters is 1. The molecule has 0 aliphatic carbocycles. The van der Waals surface area contributed by atoms with Crippen molar-refractivity contribution in [2.24, 2.45) is 5.73 Å². The molecule has 0 aromatic heterocycles. The summed E-state index contributed by atoms with van der Waals surface area (Å²) in [6.07, 6.45) is 42.8. The summed E-state index contributed by atoms with van der Waals surface area (Å²) in [6.45, 7) is 4.89. The van der Waals surface area contributed by atoms with Gasteiger partial charge in [0.05, 0.1) is 19.8 Å². The third kappa shape index (κ3) is 40.3. The number of hydrogen-bond acceptors (Lipinski definition) is 7. The molecule has 8 nitrogen and oxygen atoms in total. The average Bonchev–Trinajstić information content (AvgIpc) is 3.12. The summed E-state index contributed by atoms with van der Waals surface area (Å²) in [5.74, 6) is -0.337. The minimum absolute atomic E-state index is 0.0924. The molecule has 0 amide bonds. The average molecular weight is 746 g/mol. The van der Waals surface area contributed by atoms with Crippen LogP contribution < -0.4 is 5.73 Å². The van der Waals surface area contributed by atoms with Crippen molar-refractivity contribution in [3.05, 3.63) is 12.2 Å². The predicted molar refractivity (Wildman–Crippen MR) is 215 cm³/mol. The maximum absolute atomic E-state index is 12.4. The Balaban J connectivity index is 3.72. The quantitative estimate of drug-likeness (QED) is 0.0274. The van der Waals surface area contributed by atoms with E-state index in [4.69, 9.17) is 24.3 Å². The first-order valence-electron chi connectivity index (χ1n) is 21.7. The fraction of sp³-hybridized carbons (Fsp3) is 0.929. The molecule has 304 valence electrons. The molecule has 2 atom stereocenters. The van der Waals surface area contributed by atoms with E-state index in [1.165, 1.54) is 161 Å². The highest BCUT2D eigenvalue weighted by Crippen LogP contribution is 2.43. The van der Waals surface area contributed by atoms with Crippen molar-refractivity contribution in [1.29, 1.82) is 0 Å². The number of allylic oxidation sites excluding steroid dienone is 2. The fourth-order valence-corrected chi connectivity index (χ4v) is 6.99. The second-order valence-electron chi connectivity index (χ2n) is 14.6. The molecular formula is C42H84NO7P. The second kappa shape index (κ2) is 40.4. The molecule has 51 heavy (non-hydrogen) atoms. The Morgan fingerprint density at radius 2 is 0.980 bits per heavy atom. The van der Waals surface area contributed by atoms with Gasteiger partial charge in [0.25, 0.3) is 0 Å². The highest BCUT2D eigenvalue weighted by Gasteiger charge is 2.25. The van der Waals surface area contributed by atoms with E-state index in [1.807, 2.05) is 0 Å². The molecule has 0 radical (unpaired) electrons. The number of nitrogens with two attached hydrogens (primary N) is 1. The van der Waals surface area contributed by atoms with Gasteiger partial charge >= 0.3 is 13.8 Å². The van der Waals surface area contributed by atoms with E-state index < -0.39 is 13.9 Å². The van der Waals surface area contributed by atoms with Gasteiger partial charge in [0, 0.05) is 19.6 Å². The Kier molecular flexibility index (Phi) is 39.8. The lowest BCUT2D eigenvalue weighted by molar-refractivity contribution is -0.154. The number of unbranched alkanes of at least 4 members (excludes halogenated alkanes) is 27. The van der Waals surface area contributed by atoms with Crippen LogP contribution in [0.4, 0.5) is 0 Å². The van der Waals surface area contributed by atoms with E-state index in [-0.39, 0.29) is 32.3 Å². The molecule has 0 rings (SSSR count). The van der Waals surface area contributed by atoms with Crippen LogP contribution in [0.15, 0.2) is 12.2 Å². The van der Waals surface area contributed by atoms with Crippen molar-refractivity contribution in [3.8, 4) is 0 Å². The molecule has 0 bridgehead atoms. The number of ether oxygens (including phenoxy) is 2. The summed E-state index contributed by atoms with van der Waals surface area (Å²) >= 11 is 0. The molecule has 0 aliphatic rings. The zero-order valence-corrected chi connectivity index (χ0v) is 34.5. The lowest BCUT2D eigenvalue weighted by Crippen LogP contribution is -2.28. The summed E-state index contributed by atoms with van der Waals surface area (Å²) in [5, 5.41) is 0. The van der Waals surface area contributed by atoms with E-state index in [0.717, 1.165) is 32.1 Å². The van der Waals surface area contributed by atoms with Gasteiger partial charge in [-0.2, -0.15) is 0 Å². The van der Waals surface area contributed by atoms with Crippen LogP contribution in [0.1, 0.15) is 213 Å². The van der Waals surface area contributed by atoms with Gasteiger partial charge in [0.2, 0.25) is 0 Å². The standard InChI is InChI=1S/C42H84NO7P/c1-3-5-7-9-11-12-13-14-15-16-17-18-19-20-21-22-23-24-25-26-27-28-29-30-32-34-37-47-39-41(40-49-51(45,46)48-38-36-43)50-42(44)35-33-31-10-8-6-4-2/h16-17,41H,3-15,18-40,43H2,1-2H3,(H,45,46)/b17-16-. The molecule has 0 fully saturated rings. The predicted octanol–water partition coefficient (Wildman–Crippen LogP) is 12.7. The van der Waals surface area contributed by atoms with Gasteiger partial charge in [-0.3, -0.25) is 13.8 Å². The van der Waals surface area contributed by atoms with Crippen LogP contribution in [0.25, 0.3) is 0 Å². The summed E-state index contributed by atoms with van der Waals surface area (Å²) in [4.78, 5) is 22.2. The highest BCUT2D eigenvalue weighted by molar-refractivity contribution is 7.47. The van der Waals surface area contributed by atoms with Gasteiger partial charge in [-0.25, -0.2) is 4.57 Å². The van der Waals surface area contributed by atoms with Crippen molar-refractivity contribution >= 4 is 13.8 Å². The van der Waals surface area contributed by atoms with Crippen LogP contribution in [0.5, 0.6) is 0 Å². The largest absolute Gasteiger partial charge is 0.472 e. The lowest BCUT2D eigenvalue weighted by atomic mass is 10.0. The first-order valence-corrected chi connectivity index (χ1v) is 23.2. The van der Waals surface area contributed by atoms with E-state index in [9.17, 15) is 14.3 Å². The first-order chi connectivity index (χ1) is 24.9. The topological polar surface area (TPSA) is 117 Å². The maximum atomic E-state index is 12.4. The van der Waals surface area contributed by atoms with E-state index in [1.54, 1.807) is 0 Å². The van der Waals surface area contributed by atoms with Crippen LogP contribution in [0.3, 0.4) is 0 Å². The first kappa shape index (κ1) is 50.2. The van der Waals surface area contributed by atoms with Crippen molar-refractivity contribution in [1.82, 2.24) is 0 Å². The smallest absolute Gasteiger partial charge is 0.457 e. The number of phosphoric acid groups is 1. The van der Waals surface area contributed by atoms with E-state index >= 15 is 0 Å². The third-order valence-electron chi connectivity index (χ3n) is 9.43. The molecule has 0 aromatic rings. The van der Waals surface area contributed by atoms with Crippen molar-refractivity contribution in [2.75, 3.05) is 33.0 Å². The molecule has 2 unspecified atom stereocenters. The van der Waals surface area contributed by atoms with Crippen LogP contribution >= 0.6 is 7.82 Å². The number of carbonyl (C=O) groups excluding carboxylic acids is 1. The molecule has 9 heteroatoms. The molecular weight excluding hydrogens is 661 g/mol. The van der Waals surface area contributed by atoms with Gasteiger partial charge < -0.3 is 20.1 Å². The number of carbonyl (C=O) groups is 1. The monoisotopic (exact) mass is 746 g/mol. The zero-order valence-electron chi connectivity index (χ0n) is 33.6. The Morgan fingerprint density at radius 3 is 1.43 bits per heavy atom. The van der Waals surface area contributed by atoms with Crippen molar-refractivity contribution in [2.45, 2.75) is 219 Å². The molecule has 0 spiro atoms. The Bertz CT molecular complexity index is 797. The van der Waals surface area contributed by atoms with E-state index in [2.05, 4.69) is 26.0 Å². The van der Waals surface area contributed by atoms with Gasteiger partial charge in [-0.1, -0.05) is 180 Å². The van der Waals surface area contributed by atoms with Gasteiger partial charge in [0.1, 0.15) is 6.10 Å². The molecule has 3 N–H and O–H groups in total. The lowest BCUT2D eigenvalue weighted by Gasteiger charge is -2.20.